The lowest BCUT2D eigenvalue weighted by Gasteiger charge is -2.35. The van der Waals surface area contributed by atoms with Crippen molar-refractivity contribution in [2.75, 3.05) is 36.4 Å². The molecule has 1 saturated heterocycles. The second-order valence-corrected chi connectivity index (χ2v) is 6.10. The maximum Gasteiger partial charge on any atom is 0.244 e. The van der Waals surface area contributed by atoms with Crippen molar-refractivity contribution in [3.63, 3.8) is 0 Å². The third kappa shape index (κ3) is 4.17. The van der Waals surface area contributed by atoms with Gasteiger partial charge in [-0.3, -0.25) is 9.78 Å². The van der Waals surface area contributed by atoms with Crippen molar-refractivity contribution in [2.45, 2.75) is 6.54 Å². The van der Waals surface area contributed by atoms with Crippen molar-refractivity contribution in [3.8, 4) is 0 Å². The Kier molecular flexibility index (Phi) is 4.86. The van der Waals surface area contributed by atoms with Gasteiger partial charge in [-0.1, -0.05) is 0 Å². The molecule has 3 aromatic heterocycles. The molecule has 0 aromatic carbocycles. The number of aromatic nitrogens is 6. The van der Waals surface area contributed by atoms with E-state index < -0.39 is 0 Å². The van der Waals surface area contributed by atoms with Gasteiger partial charge in [-0.15, -0.1) is 10.2 Å². The van der Waals surface area contributed by atoms with Crippen LogP contribution in [0.5, 0.6) is 0 Å². The molecule has 0 radical (unpaired) electrons. The smallest absolute Gasteiger partial charge is 0.244 e. The van der Waals surface area contributed by atoms with Crippen LogP contribution < -0.4 is 10.2 Å². The Morgan fingerprint density at radius 1 is 1.07 bits per heavy atom. The largest absolute Gasteiger partial charge is 0.352 e. The highest BCUT2D eigenvalue weighted by Gasteiger charge is 2.22. The molecule has 0 bridgehead atoms. The van der Waals surface area contributed by atoms with Crippen molar-refractivity contribution in [3.05, 3.63) is 49.3 Å². The summed E-state index contributed by atoms with van der Waals surface area (Å²) in [4.78, 5) is 24.2. The summed E-state index contributed by atoms with van der Waals surface area (Å²) in [6.07, 6.45) is 6.42. The van der Waals surface area contributed by atoms with E-state index in [1.807, 2.05) is 29.2 Å². The highest BCUT2D eigenvalue weighted by Crippen LogP contribution is 2.17. The number of hydrogen-bond acceptors (Lipinski definition) is 8. The predicted molar refractivity (Wildman–Crippen MR) is 98.4 cm³/mol. The number of hydrogen-bond donors (Lipinski definition) is 1. The van der Waals surface area contributed by atoms with E-state index in [0.717, 1.165) is 11.5 Å². The van der Waals surface area contributed by atoms with Crippen LogP contribution in [0.1, 0.15) is 0 Å². The van der Waals surface area contributed by atoms with Gasteiger partial charge in [0, 0.05) is 32.4 Å². The van der Waals surface area contributed by atoms with Gasteiger partial charge < -0.3 is 15.1 Å². The first-order valence-corrected chi connectivity index (χ1v) is 8.64. The quantitative estimate of drug-likeness (QED) is 0.699. The minimum atomic E-state index is 0.0438. The van der Waals surface area contributed by atoms with E-state index in [4.69, 9.17) is 0 Å². The van der Waals surface area contributed by atoms with Crippen molar-refractivity contribution in [1.82, 2.24) is 34.8 Å². The lowest BCUT2D eigenvalue weighted by molar-refractivity contribution is -0.132. The number of pyridine rings is 1. The Balaban J connectivity index is 1.31. The summed E-state index contributed by atoms with van der Waals surface area (Å²) in [6.45, 7) is 2.94. The zero-order valence-electron chi connectivity index (χ0n) is 14.6. The van der Waals surface area contributed by atoms with Gasteiger partial charge in [-0.25, -0.2) is 9.67 Å². The second-order valence-electron chi connectivity index (χ2n) is 6.10. The van der Waals surface area contributed by atoms with Crippen LogP contribution in [-0.4, -0.2) is 66.9 Å². The van der Waals surface area contributed by atoms with Gasteiger partial charge in [0.2, 0.25) is 5.91 Å². The van der Waals surface area contributed by atoms with E-state index in [1.54, 1.807) is 18.7 Å². The van der Waals surface area contributed by atoms with Crippen molar-refractivity contribution in [2.24, 2.45) is 0 Å². The molecule has 138 valence electrons. The predicted octanol–water partition coefficient (Wildman–Crippen LogP) is 0.555. The highest BCUT2D eigenvalue weighted by atomic mass is 16.2. The molecule has 1 fully saturated rings. The molecule has 0 aliphatic carbocycles. The molecule has 10 heteroatoms. The summed E-state index contributed by atoms with van der Waals surface area (Å²) in [5.41, 5.74) is 0.860. The lowest BCUT2D eigenvalue weighted by Crippen LogP contribution is -2.49. The number of nitrogens with one attached hydrogen (secondary N) is 1. The lowest BCUT2D eigenvalue weighted by atomic mass is 10.3. The Morgan fingerprint density at radius 3 is 2.63 bits per heavy atom. The van der Waals surface area contributed by atoms with Crippen LogP contribution in [-0.2, 0) is 11.3 Å². The number of nitrogens with zero attached hydrogens (tertiary/aromatic N) is 8. The summed E-state index contributed by atoms with van der Waals surface area (Å²) in [5, 5.41) is 15.6. The van der Waals surface area contributed by atoms with Crippen molar-refractivity contribution in [1.29, 1.82) is 0 Å². The van der Waals surface area contributed by atoms with Crippen LogP contribution in [0.3, 0.4) is 0 Å². The standard InChI is InChI=1S/C17H19N9O/c27-17(11-26-13-19-12-20-26)25-8-6-24(7-9-25)16-4-3-15(22-23-16)21-14-2-1-5-18-10-14/h1-5,10,12-13H,6-9,11H2,(H,21,22). The average molecular weight is 365 g/mol. The van der Waals surface area contributed by atoms with Crippen LogP contribution in [0.2, 0.25) is 0 Å². The normalized spacial score (nSPS) is 14.2. The first-order valence-electron chi connectivity index (χ1n) is 8.64. The van der Waals surface area contributed by atoms with Gasteiger partial charge in [-0.05, 0) is 24.3 Å². The van der Waals surface area contributed by atoms with Crippen LogP contribution in [0, 0.1) is 0 Å². The van der Waals surface area contributed by atoms with E-state index in [0.29, 0.717) is 32.0 Å². The van der Waals surface area contributed by atoms with Gasteiger partial charge >= 0.3 is 0 Å². The topological polar surface area (TPSA) is 105 Å². The molecule has 1 aliphatic heterocycles. The van der Waals surface area contributed by atoms with E-state index in [9.17, 15) is 4.79 Å². The summed E-state index contributed by atoms with van der Waals surface area (Å²) < 4.78 is 1.54. The Morgan fingerprint density at radius 2 is 1.96 bits per heavy atom. The summed E-state index contributed by atoms with van der Waals surface area (Å²) in [6, 6.07) is 7.59. The van der Waals surface area contributed by atoms with Gasteiger partial charge in [-0.2, -0.15) is 5.10 Å². The minimum absolute atomic E-state index is 0.0438. The second kappa shape index (κ2) is 7.77. The van der Waals surface area contributed by atoms with Gasteiger partial charge in [0.05, 0.1) is 11.9 Å². The Hall–Kier alpha value is -3.56. The van der Waals surface area contributed by atoms with E-state index in [2.05, 4.69) is 35.5 Å². The van der Waals surface area contributed by atoms with Crippen LogP contribution in [0.4, 0.5) is 17.3 Å². The van der Waals surface area contributed by atoms with Crippen LogP contribution >= 0.6 is 0 Å². The zero-order valence-corrected chi connectivity index (χ0v) is 14.6. The van der Waals surface area contributed by atoms with Crippen LogP contribution in [0.15, 0.2) is 49.3 Å². The van der Waals surface area contributed by atoms with Crippen molar-refractivity contribution >= 4 is 23.2 Å². The zero-order chi connectivity index (χ0) is 18.5. The molecule has 10 nitrogen and oxygen atoms in total. The van der Waals surface area contributed by atoms with Gasteiger partial charge in [0.15, 0.2) is 11.6 Å². The van der Waals surface area contributed by atoms with E-state index in [1.165, 1.54) is 11.0 Å². The minimum Gasteiger partial charge on any atom is -0.352 e. The van der Waals surface area contributed by atoms with Gasteiger partial charge in [0.25, 0.3) is 0 Å². The first-order chi connectivity index (χ1) is 13.3. The Labute approximate surface area is 155 Å². The van der Waals surface area contributed by atoms with Crippen molar-refractivity contribution < 1.29 is 4.79 Å². The molecule has 1 aliphatic rings. The molecule has 4 heterocycles. The molecule has 1 N–H and O–H groups in total. The van der Waals surface area contributed by atoms with E-state index in [-0.39, 0.29) is 12.5 Å². The molecule has 0 unspecified atom stereocenters. The molecule has 0 atom stereocenters. The summed E-state index contributed by atoms with van der Waals surface area (Å²) >= 11 is 0. The molecule has 0 spiro atoms. The summed E-state index contributed by atoms with van der Waals surface area (Å²) in [7, 11) is 0. The fourth-order valence-electron chi connectivity index (χ4n) is 2.88. The third-order valence-electron chi connectivity index (χ3n) is 4.30. The molecule has 27 heavy (non-hydrogen) atoms. The maximum atomic E-state index is 12.3. The number of piperazine rings is 1. The number of carbonyl (C=O) groups excluding carboxylic acids is 1. The molecular formula is C17H19N9O. The number of amides is 1. The summed E-state index contributed by atoms with van der Waals surface area (Å²) in [5.74, 6) is 1.51. The first kappa shape index (κ1) is 16.9. The number of rotatable bonds is 5. The number of anilines is 3. The molecule has 3 aromatic rings. The third-order valence-corrected chi connectivity index (χ3v) is 4.30. The monoisotopic (exact) mass is 365 g/mol. The molecule has 4 rings (SSSR count). The SMILES string of the molecule is O=C(Cn1cncn1)N1CCN(c2ccc(Nc3cccnc3)nn2)CC1. The Bertz CT molecular complexity index is 859. The fourth-order valence-corrected chi connectivity index (χ4v) is 2.88. The van der Waals surface area contributed by atoms with Crippen LogP contribution in [0.25, 0.3) is 0 Å². The average Bonchev–Trinajstić information content (AvgIpc) is 3.22. The molecule has 0 saturated carbocycles. The van der Waals surface area contributed by atoms with Gasteiger partial charge in [0.1, 0.15) is 19.2 Å². The molecule has 1 amide bonds. The number of carbonyl (C=O) groups is 1. The maximum absolute atomic E-state index is 12.3. The molecular weight excluding hydrogens is 346 g/mol. The highest BCUT2D eigenvalue weighted by molar-refractivity contribution is 5.76. The fraction of sp³-hybridized carbons (Fsp3) is 0.294. The van der Waals surface area contributed by atoms with E-state index >= 15 is 0 Å².